The minimum Gasteiger partial charge on any atom is -0.387 e. The predicted molar refractivity (Wildman–Crippen MR) is 65.2 cm³/mol. The van der Waals surface area contributed by atoms with Crippen LogP contribution in [0, 0.1) is 0 Å². The minimum absolute atomic E-state index is 0.648. The van der Waals surface area contributed by atoms with Gasteiger partial charge in [-0.15, -0.1) is 0 Å². The van der Waals surface area contributed by atoms with Gasteiger partial charge in [0.1, 0.15) is 18.3 Å². The van der Waals surface area contributed by atoms with Crippen molar-refractivity contribution in [1.82, 2.24) is 9.55 Å². The van der Waals surface area contributed by atoms with Crippen LogP contribution in [0.1, 0.15) is 6.23 Å². The number of aliphatic hydroxyl groups is 2. The Balaban J connectivity index is 2.18. The highest BCUT2D eigenvalue weighted by Gasteiger charge is 2.44. The second-order valence-corrected chi connectivity index (χ2v) is 5.59. The Morgan fingerprint density at radius 1 is 1.33 bits per heavy atom. The summed E-state index contributed by atoms with van der Waals surface area (Å²) in [5.41, 5.74) is -1.51. The first-order chi connectivity index (χ1) is 9.69. The Kier molecular flexibility index (Phi) is 4.44. The van der Waals surface area contributed by atoms with Crippen LogP contribution < -0.4 is 11.2 Å². The maximum atomic E-state index is 11.6. The SMILES string of the molecule is O=c1cc[15n]([C@@H]2O[C@H](COP(=O)(O)O)[C@@H](O)[C@H]2O)c(=O)[15nH]1. The fourth-order valence-electron chi connectivity index (χ4n) is 1.89. The van der Waals surface area contributed by atoms with Crippen molar-refractivity contribution in [2.45, 2.75) is 24.5 Å². The van der Waals surface area contributed by atoms with Crippen LogP contribution in [0.25, 0.3) is 0 Å². The van der Waals surface area contributed by atoms with Crippen molar-refractivity contribution in [3.05, 3.63) is 33.1 Å². The van der Waals surface area contributed by atoms with Gasteiger partial charge in [0.15, 0.2) is 6.23 Å². The molecule has 1 aromatic heterocycles. The van der Waals surface area contributed by atoms with Crippen molar-refractivity contribution in [3.8, 4) is 0 Å². The minimum atomic E-state index is -4.76. The number of hydrogen-bond acceptors (Lipinski definition) is 7. The van der Waals surface area contributed by atoms with Crippen molar-refractivity contribution in [2.75, 3.05) is 6.61 Å². The third-order valence-electron chi connectivity index (χ3n) is 2.87. The Hall–Kier alpha value is -1.33. The van der Waals surface area contributed by atoms with E-state index in [0.29, 0.717) is 0 Å². The van der Waals surface area contributed by atoms with E-state index < -0.39 is 50.2 Å². The molecule has 11 nitrogen and oxygen atoms in total. The number of phosphoric ester groups is 1. The number of aromatic nitrogens is 2. The van der Waals surface area contributed by atoms with Crippen LogP contribution >= 0.6 is 7.82 Å². The summed E-state index contributed by atoms with van der Waals surface area (Å²) in [5, 5.41) is 19.6. The van der Waals surface area contributed by atoms with Crippen LogP contribution in [0.4, 0.5) is 0 Å². The molecule has 1 fully saturated rings. The van der Waals surface area contributed by atoms with Crippen LogP contribution in [-0.2, 0) is 13.8 Å². The van der Waals surface area contributed by atoms with E-state index in [0.717, 1.165) is 16.8 Å². The molecule has 1 aliphatic heterocycles. The molecule has 0 spiro atoms. The Labute approximate surface area is 116 Å². The van der Waals surface area contributed by atoms with E-state index >= 15 is 0 Å². The number of aromatic amines is 1. The largest absolute Gasteiger partial charge is 0.469 e. The van der Waals surface area contributed by atoms with Crippen molar-refractivity contribution < 1.29 is 33.8 Å². The van der Waals surface area contributed by atoms with E-state index in [-0.39, 0.29) is 0 Å². The van der Waals surface area contributed by atoms with Crippen LogP contribution in [-0.4, -0.2) is 54.5 Å². The Morgan fingerprint density at radius 3 is 2.57 bits per heavy atom. The lowest BCUT2D eigenvalue weighted by molar-refractivity contribution is -0.0543. The maximum absolute atomic E-state index is 11.6. The lowest BCUT2D eigenvalue weighted by Crippen LogP contribution is -2.37. The van der Waals surface area contributed by atoms with E-state index in [1.54, 1.807) is 0 Å². The van der Waals surface area contributed by atoms with Gasteiger partial charge in [0, 0.05) is 12.3 Å². The average molecular weight is 326 g/mol. The Bertz CT molecular complexity index is 664. The highest BCUT2D eigenvalue weighted by atomic mass is 31.2. The first-order valence-electron chi connectivity index (χ1n) is 5.72. The third-order valence-corrected chi connectivity index (χ3v) is 3.35. The summed E-state index contributed by atoms with van der Waals surface area (Å²) < 4.78 is 20.8. The molecule has 0 bridgehead atoms. The summed E-state index contributed by atoms with van der Waals surface area (Å²) >= 11 is 0. The highest BCUT2D eigenvalue weighted by molar-refractivity contribution is 7.46. The zero-order chi connectivity index (χ0) is 15.8. The van der Waals surface area contributed by atoms with Gasteiger partial charge in [-0.2, -0.15) is 0 Å². The van der Waals surface area contributed by atoms with Gasteiger partial charge < -0.3 is 24.7 Å². The molecule has 0 unspecified atom stereocenters. The number of phosphoric acid groups is 1. The summed E-state index contributed by atoms with van der Waals surface area (Å²) in [7, 11) is -4.76. The zero-order valence-electron chi connectivity index (χ0n) is 10.4. The molecule has 21 heavy (non-hydrogen) atoms. The van der Waals surface area contributed by atoms with Gasteiger partial charge in [-0.1, -0.05) is 0 Å². The first-order valence-corrected chi connectivity index (χ1v) is 7.25. The predicted octanol–water partition coefficient (Wildman–Crippen LogP) is -2.73. The van der Waals surface area contributed by atoms with E-state index in [1.165, 1.54) is 0 Å². The molecular weight excluding hydrogens is 313 g/mol. The van der Waals surface area contributed by atoms with Gasteiger partial charge in [-0.05, 0) is 0 Å². The molecular formula is C9H13N2O9P. The summed E-state index contributed by atoms with van der Waals surface area (Å²) in [6.07, 6.45) is -4.58. The second kappa shape index (κ2) is 5.81. The maximum Gasteiger partial charge on any atom is 0.469 e. The normalized spacial score (nSPS) is 29.7. The molecule has 2 heterocycles. The summed E-state index contributed by atoms with van der Waals surface area (Å²) in [6.45, 7) is -0.683. The smallest absolute Gasteiger partial charge is 0.387 e. The van der Waals surface area contributed by atoms with Gasteiger partial charge in [-0.25, -0.2) is 9.36 Å². The molecule has 0 aromatic carbocycles. The number of aliphatic hydroxyl groups excluding tert-OH is 2. The number of nitrogens with zero attached hydrogens (tertiary/aromatic N) is 1. The molecule has 1 aromatic rings. The van der Waals surface area contributed by atoms with Crippen LogP contribution in [0.15, 0.2) is 21.9 Å². The van der Waals surface area contributed by atoms with Gasteiger partial charge in [0.05, 0.1) is 6.61 Å². The van der Waals surface area contributed by atoms with Gasteiger partial charge in [0.25, 0.3) is 5.56 Å². The number of H-pyrrole nitrogens is 1. The summed E-state index contributed by atoms with van der Waals surface area (Å²) in [4.78, 5) is 41.6. The van der Waals surface area contributed by atoms with Crippen LogP contribution in [0.5, 0.6) is 0 Å². The van der Waals surface area contributed by atoms with E-state index in [2.05, 4.69) is 4.52 Å². The fraction of sp³-hybridized carbons (Fsp3) is 0.556. The Morgan fingerprint density at radius 2 is 2.00 bits per heavy atom. The molecule has 2 rings (SSSR count). The van der Waals surface area contributed by atoms with Gasteiger partial charge >= 0.3 is 13.5 Å². The monoisotopic (exact) mass is 326 g/mol. The number of hydrogen-bond donors (Lipinski definition) is 5. The molecule has 0 aliphatic carbocycles. The lowest BCUT2D eigenvalue weighted by Gasteiger charge is -2.16. The third kappa shape index (κ3) is 3.66. The quantitative estimate of drug-likeness (QED) is 0.368. The highest BCUT2D eigenvalue weighted by Crippen LogP contribution is 2.38. The molecule has 118 valence electrons. The van der Waals surface area contributed by atoms with Crippen molar-refractivity contribution in [3.63, 3.8) is 0 Å². The fourth-order valence-corrected chi connectivity index (χ4v) is 2.24. The van der Waals surface area contributed by atoms with Crippen molar-refractivity contribution in [1.29, 1.82) is 0 Å². The van der Waals surface area contributed by atoms with E-state index in [4.69, 9.17) is 14.5 Å². The number of rotatable bonds is 4. The molecule has 1 aliphatic rings. The summed E-state index contributed by atoms with van der Waals surface area (Å²) in [5.74, 6) is 0. The van der Waals surface area contributed by atoms with E-state index in [1.807, 2.05) is 4.98 Å². The molecule has 4 atom stereocenters. The molecule has 0 saturated carbocycles. The zero-order valence-corrected chi connectivity index (χ0v) is 11.3. The molecule has 12 heteroatoms. The summed E-state index contributed by atoms with van der Waals surface area (Å²) in [6, 6.07) is 1.02. The topological polar surface area (TPSA) is 171 Å². The van der Waals surface area contributed by atoms with Gasteiger partial charge in [0.2, 0.25) is 0 Å². The van der Waals surface area contributed by atoms with Crippen LogP contribution in [0.2, 0.25) is 0 Å². The molecule has 0 amide bonds. The van der Waals surface area contributed by atoms with E-state index in [9.17, 15) is 24.4 Å². The molecule has 5 N–H and O–H groups in total. The van der Waals surface area contributed by atoms with Crippen molar-refractivity contribution >= 4 is 7.82 Å². The average Bonchev–Trinajstić information content (AvgIpc) is 2.64. The number of ether oxygens (including phenoxy) is 1. The second-order valence-electron chi connectivity index (χ2n) is 4.35. The first kappa shape index (κ1) is 16.0. The van der Waals surface area contributed by atoms with Gasteiger partial charge in [-0.3, -0.25) is 18.9 Å². The number of nitrogens with one attached hydrogen (secondary N) is 1. The lowest BCUT2D eigenvalue weighted by atomic mass is 10.1. The molecule has 1 saturated heterocycles. The standard InChI is InChI=1S/C9H13N2O9P/c12-5-1-2-11(9(15)10-5)8-7(14)6(13)4(20-8)3-19-21(16,17)18/h1-2,4,6-8,13-14H,3H2,(H,10,12,15)(H2,16,17,18)/t4-,6-,7-,8-/m1/s1/i10+1,11+1. The molecule has 0 radical (unpaired) electrons. The van der Waals surface area contributed by atoms with Crippen molar-refractivity contribution in [2.24, 2.45) is 0 Å². The van der Waals surface area contributed by atoms with Crippen LogP contribution in [0.3, 0.4) is 0 Å².